The Morgan fingerprint density at radius 2 is 1.43 bits per heavy atom. The van der Waals surface area contributed by atoms with Crippen molar-refractivity contribution in [1.82, 2.24) is 5.32 Å². The molecule has 0 aliphatic rings. The van der Waals surface area contributed by atoms with Crippen LogP contribution in [0, 0.1) is 20.2 Å². The molecule has 0 heterocycles. The van der Waals surface area contributed by atoms with Crippen LogP contribution in [-0.4, -0.2) is 64.0 Å². The summed E-state index contributed by atoms with van der Waals surface area (Å²) in [6.07, 6.45) is 1.36. The van der Waals surface area contributed by atoms with Crippen LogP contribution in [0.25, 0.3) is 0 Å². The molecule has 0 radical (unpaired) electrons. The highest BCUT2D eigenvalue weighted by Crippen LogP contribution is 2.40. The largest absolute Gasteiger partial charge is 0.778 e. The molecular weight excluding hydrogens is 835 g/mol. The number of aliphatic carboxylic acids is 1. The molecular formula is C33H36Cl2F3N4O12PS. The lowest BCUT2D eigenvalue weighted by molar-refractivity contribution is -0.385. The van der Waals surface area contributed by atoms with E-state index in [9.17, 15) is 47.7 Å². The second-order valence-electron chi connectivity index (χ2n) is 10.9. The number of nitrogens with one attached hydrogen (secondary N) is 1. The van der Waals surface area contributed by atoms with Crippen LogP contribution in [0.1, 0.15) is 12.5 Å². The third-order valence-corrected chi connectivity index (χ3v) is 7.10. The van der Waals surface area contributed by atoms with E-state index in [2.05, 4.69) is 18.8 Å². The summed E-state index contributed by atoms with van der Waals surface area (Å²) < 4.78 is 63.8. The van der Waals surface area contributed by atoms with Crippen molar-refractivity contribution in [1.29, 1.82) is 0 Å². The number of benzene rings is 4. The molecule has 0 aliphatic heterocycles. The summed E-state index contributed by atoms with van der Waals surface area (Å²) in [6, 6.07) is 18.0. The molecule has 0 spiro atoms. The lowest BCUT2D eigenvalue weighted by Crippen LogP contribution is -2.25. The maximum absolute atomic E-state index is 12.6. The van der Waals surface area contributed by atoms with Gasteiger partial charge in [0.05, 0.1) is 58.6 Å². The van der Waals surface area contributed by atoms with Gasteiger partial charge in [-0.2, -0.15) is 13.2 Å². The molecule has 4 rings (SSSR count). The fraction of sp³-hybridized carbons (Fsp3) is 0.242. The predicted octanol–water partition coefficient (Wildman–Crippen LogP) is 7.74. The summed E-state index contributed by atoms with van der Waals surface area (Å²) in [4.78, 5) is 48.1. The molecule has 0 fully saturated rings. The molecule has 4 aromatic rings. The summed E-state index contributed by atoms with van der Waals surface area (Å²) in [5, 5.41) is 31.4. The lowest BCUT2D eigenvalue weighted by Gasteiger charge is -2.14. The average Bonchev–Trinajstić information content (AvgIpc) is 3.07. The first-order valence-corrected chi connectivity index (χ1v) is 20.3. The van der Waals surface area contributed by atoms with Gasteiger partial charge in [0, 0.05) is 18.2 Å². The Hall–Kier alpha value is -4.82. The van der Waals surface area contributed by atoms with Crippen LogP contribution < -0.4 is 30.2 Å². The number of nitrogens with two attached hydrogens (primary N) is 1. The summed E-state index contributed by atoms with van der Waals surface area (Å²) in [6.45, 7) is 1.38. The number of nitro groups is 2. The van der Waals surface area contributed by atoms with Crippen molar-refractivity contribution in [3.63, 3.8) is 0 Å². The third-order valence-electron chi connectivity index (χ3n) is 5.79. The standard InChI is InChI=1S/C15H11ClF3NO4.C12H9ClN2O3.C3H8NO5P.C3H9S/c1-2-23-14-8-10(4-5-12(14)20(21)22)24-13-6-3-9(7-11(13)16)15(17,18)19;13-11-10(18-8-4-2-1-3-5-8)7-6-9(12(11)14)15(16)17;5-3(6)1-4-2-10(7,8)9;1-4(2)3/h3-8H,2H2,1H3;1-7H,14H2;4H,1-2H2,(H,5,6)(H2,7,8,9);1-3H3/q;;;+1/p-1. The van der Waals surface area contributed by atoms with Crippen LogP contribution >= 0.6 is 30.8 Å². The van der Waals surface area contributed by atoms with E-state index in [1.54, 1.807) is 31.2 Å². The number of carbonyl (C=O) groups is 1. The number of hydrogen-bond donors (Lipinski definition) is 4. The molecule has 306 valence electrons. The van der Waals surface area contributed by atoms with Gasteiger partial charge in [0.2, 0.25) is 5.75 Å². The normalized spacial score (nSPS) is 11.6. The Balaban J connectivity index is 0.000000430. The lowest BCUT2D eigenvalue weighted by atomic mass is 10.2. The van der Waals surface area contributed by atoms with E-state index in [4.69, 9.17) is 53.1 Å². The zero-order chi connectivity index (χ0) is 42.8. The average molecular weight is 872 g/mol. The molecule has 5 N–H and O–H groups in total. The molecule has 0 saturated carbocycles. The van der Waals surface area contributed by atoms with Crippen molar-refractivity contribution < 1.29 is 61.5 Å². The van der Waals surface area contributed by atoms with E-state index in [-0.39, 0.29) is 56.7 Å². The van der Waals surface area contributed by atoms with Gasteiger partial charge in [-0.25, -0.2) is 0 Å². The van der Waals surface area contributed by atoms with Gasteiger partial charge >= 0.3 is 17.8 Å². The first kappa shape index (κ1) is 49.2. The monoisotopic (exact) mass is 870 g/mol. The maximum atomic E-state index is 12.6. The molecule has 0 bridgehead atoms. The number of halogens is 5. The fourth-order valence-electron chi connectivity index (χ4n) is 3.59. The number of hydrogen-bond acceptors (Lipinski definition) is 12. The van der Waals surface area contributed by atoms with Crippen molar-refractivity contribution >= 4 is 64.7 Å². The summed E-state index contributed by atoms with van der Waals surface area (Å²) in [7, 11) is -3.71. The first-order valence-electron chi connectivity index (χ1n) is 15.3. The molecule has 0 aromatic heterocycles. The molecule has 16 nitrogen and oxygen atoms in total. The zero-order valence-electron chi connectivity index (χ0n) is 29.8. The van der Waals surface area contributed by atoms with Crippen LogP contribution in [0.2, 0.25) is 10.0 Å². The summed E-state index contributed by atoms with van der Waals surface area (Å²) in [5.74, 6) is -0.193. The topological polar surface area (TPSA) is 250 Å². The molecule has 1 unspecified atom stereocenters. The number of rotatable bonds is 12. The minimum Gasteiger partial charge on any atom is -0.778 e. The number of nitro benzene ring substituents is 2. The maximum Gasteiger partial charge on any atom is 0.416 e. The quantitative estimate of drug-likeness (QED) is 0.0350. The van der Waals surface area contributed by atoms with Crippen molar-refractivity contribution in [3.8, 4) is 28.7 Å². The van der Waals surface area contributed by atoms with E-state index >= 15 is 0 Å². The number of carboxylic acids is 1. The number of alkyl halides is 3. The van der Waals surface area contributed by atoms with E-state index in [0.29, 0.717) is 16.6 Å². The Morgan fingerprint density at radius 3 is 1.91 bits per heavy atom. The van der Waals surface area contributed by atoms with Gasteiger partial charge in [0.1, 0.15) is 41.3 Å². The van der Waals surface area contributed by atoms with E-state index in [1.807, 2.05) is 11.4 Å². The van der Waals surface area contributed by atoms with Crippen molar-refractivity contribution in [2.24, 2.45) is 0 Å². The second-order valence-corrected chi connectivity index (χ2v) is 15.7. The molecule has 0 amide bonds. The van der Waals surface area contributed by atoms with Gasteiger partial charge in [-0.05, 0) is 60.3 Å². The molecule has 1 atom stereocenters. The van der Waals surface area contributed by atoms with Crippen molar-refractivity contribution in [3.05, 3.63) is 115 Å². The Bertz CT molecular complexity index is 1970. The van der Waals surface area contributed by atoms with E-state index in [0.717, 1.165) is 18.2 Å². The number of anilines is 1. The minimum atomic E-state index is -4.52. The second kappa shape index (κ2) is 23.3. The molecule has 0 saturated heterocycles. The van der Waals surface area contributed by atoms with Gasteiger partial charge in [-0.3, -0.25) is 30.3 Å². The van der Waals surface area contributed by atoms with Crippen molar-refractivity contribution in [2.45, 2.75) is 13.1 Å². The summed E-state index contributed by atoms with van der Waals surface area (Å²) in [5.41, 5.74) is 4.10. The van der Waals surface area contributed by atoms with Gasteiger partial charge < -0.3 is 39.4 Å². The first-order chi connectivity index (χ1) is 26.0. The fourth-order valence-corrected chi connectivity index (χ4v) is 4.40. The smallest absolute Gasteiger partial charge is 0.416 e. The van der Waals surface area contributed by atoms with E-state index in [1.165, 1.54) is 30.3 Å². The van der Waals surface area contributed by atoms with Gasteiger partial charge in [0.25, 0.3) is 5.69 Å². The number of carboxylic acid groups (broad SMARTS) is 1. The van der Waals surface area contributed by atoms with Crippen molar-refractivity contribution in [2.75, 3.05) is 43.9 Å². The molecule has 23 heteroatoms. The predicted molar refractivity (Wildman–Crippen MR) is 205 cm³/mol. The van der Waals surface area contributed by atoms with Gasteiger partial charge in [-0.15, -0.1) is 0 Å². The Kier molecular flexibility index (Phi) is 20.5. The molecule has 56 heavy (non-hydrogen) atoms. The molecule has 0 aliphatic carbocycles. The van der Waals surface area contributed by atoms with Gasteiger partial charge in [-0.1, -0.05) is 41.4 Å². The number of para-hydroxylation sites is 1. The molecule has 4 aromatic carbocycles. The van der Waals surface area contributed by atoms with Gasteiger partial charge in [0.15, 0.2) is 0 Å². The summed E-state index contributed by atoms with van der Waals surface area (Å²) >= 11 is 11.7. The zero-order valence-corrected chi connectivity index (χ0v) is 33.0. The number of nitrogen functional groups attached to an aromatic ring is 1. The highest BCUT2D eigenvalue weighted by molar-refractivity contribution is 7.94. The number of ether oxygens (including phenoxy) is 3. The SMILES string of the molecule is CCOc1cc(Oc2ccc(C(F)(F)F)cc2Cl)ccc1[N+](=O)[O-].C[S+](C)C.Nc1c([N+](=O)[O-])ccc(Oc2ccccc2)c1Cl.O=C(O)CNCP(=O)([O-])O. The Morgan fingerprint density at radius 1 is 0.893 bits per heavy atom. The highest BCUT2D eigenvalue weighted by atomic mass is 35.5. The Labute approximate surface area is 331 Å². The minimum absolute atomic E-state index is 0.0111. The third kappa shape index (κ3) is 18.7. The number of nitrogens with zero attached hydrogens (tertiary/aromatic N) is 2. The van der Waals surface area contributed by atoms with Crippen LogP contribution in [0.3, 0.4) is 0 Å². The van der Waals surface area contributed by atoms with E-state index < -0.39 is 48.0 Å². The van der Waals surface area contributed by atoms with Crippen LogP contribution in [0.4, 0.5) is 30.2 Å². The van der Waals surface area contributed by atoms with Crippen LogP contribution in [0.15, 0.2) is 78.9 Å². The van der Waals surface area contributed by atoms with Crippen LogP contribution in [0.5, 0.6) is 28.7 Å². The van der Waals surface area contributed by atoms with Crippen LogP contribution in [-0.2, 0) is 26.4 Å². The highest BCUT2D eigenvalue weighted by Gasteiger charge is 2.31.